The molecule has 2 rings (SSSR count). The third-order valence-corrected chi connectivity index (χ3v) is 3.35. The Hall–Kier alpha value is -1.23. The van der Waals surface area contributed by atoms with Gasteiger partial charge in [-0.25, -0.2) is 4.52 Å². The number of thiol groups is 1. The third kappa shape index (κ3) is 2.96. The van der Waals surface area contributed by atoms with Crippen molar-refractivity contribution in [1.82, 2.24) is 14.2 Å². The minimum Gasteiger partial charge on any atom is -0.312 e. The van der Waals surface area contributed by atoms with Crippen LogP contribution in [0.25, 0.3) is 5.52 Å². The van der Waals surface area contributed by atoms with Gasteiger partial charge in [0.2, 0.25) is 0 Å². The summed E-state index contributed by atoms with van der Waals surface area (Å²) >= 11 is 4.19. The minimum absolute atomic E-state index is 0.0484. The summed E-state index contributed by atoms with van der Waals surface area (Å²) in [7, 11) is 0. The minimum atomic E-state index is 0.0484. The van der Waals surface area contributed by atoms with Crippen molar-refractivity contribution in [2.45, 2.75) is 39.2 Å². The van der Waals surface area contributed by atoms with Crippen LogP contribution in [0.2, 0.25) is 0 Å². The van der Waals surface area contributed by atoms with Crippen molar-refractivity contribution in [3.63, 3.8) is 0 Å². The molecule has 2 aromatic heterocycles. The van der Waals surface area contributed by atoms with Gasteiger partial charge in [-0.2, -0.15) is 17.7 Å². The average molecular weight is 265 g/mol. The molecule has 2 aromatic rings. The summed E-state index contributed by atoms with van der Waals surface area (Å²) in [5, 5.41) is 4.23. The standard InChI is InChI=1S/C13H19N3OS/c1-11-10-12-13(17)15(7-8-16(12)14-11)6-4-2-3-5-9-18/h7-8,10,18H,2-6,9H2,1H3. The van der Waals surface area contributed by atoms with Gasteiger partial charge in [0.1, 0.15) is 5.52 Å². The van der Waals surface area contributed by atoms with E-state index in [-0.39, 0.29) is 5.56 Å². The van der Waals surface area contributed by atoms with Gasteiger partial charge in [-0.15, -0.1) is 0 Å². The van der Waals surface area contributed by atoms with Gasteiger partial charge in [-0.1, -0.05) is 12.8 Å². The molecule has 0 bridgehead atoms. The van der Waals surface area contributed by atoms with Crippen LogP contribution in [-0.4, -0.2) is 19.9 Å². The number of aromatic nitrogens is 3. The van der Waals surface area contributed by atoms with Crippen LogP contribution in [0.1, 0.15) is 31.4 Å². The number of aryl methyl sites for hydroxylation is 2. The molecule has 0 N–H and O–H groups in total. The molecule has 0 radical (unpaired) electrons. The molecule has 4 nitrogen and oxygen atoms in total. The molecule has 0 atom stereocenters. The molecule has 0 aromatic carbocycles. The summed E-state index contributed by atoms with van der Waals surface area (Å²) < 4.78 is 3.42. The van der Waals surface area contributed by atoms with E-state index in [0.717, 1.165) is 37.3 Å². The Bertz CT molecular complexity index is 573. The number of rotatable bonds is 6. The molecule has 0 aliphatic rings. The van der Waals surface area contributed by atoms with E-state index < -0.39 is 0 Å². The fourth-order valence-corrected chi connectivity index (χ4v) is 2.30. The fraction of sp³-hybridized carbons (Fsp3) is 0.538. The molecule has 0 saturated carbocycles. The van der Waals surface area contributed by atoms with Crippen LogP contribution in [0.15, 0.2) is 23.3 Å². The second-order valence-corrected chi connectivity index (χ2v) is 5.00. The van der Waals surface area contributed by atoms with Crippen LogP contribution in [0.4, 0.5) is 0 Å². The summed E-state index contributed by atoms with van der Waals surface area (Å²) in [6, 6.07) is 1.83. The molecule has 2 heterocycles. The number of fused-ring (bicyclic) bond motifs is 1. The van der Waals surface area contributed by atoms with Crippen LogP contribution < -0.4 is 5.56 Å². The van der Waals surface area contributed by atoms with Crippen LogP contribution in [0, 0.1) is 6.92 Å². The van der Waals surface area contributed by atoms with Crippen molar-refractivity contribution in [1.29, 1.82) is 0 Å². The van der Waals surface area contributed by atoms with E-state index >= 15 is 0 Å². The quantitative estimate of drug-likeness (QED) is 0.643. The first-order valence-electron chi connectivity index (χ1n) is 6.38. The van der Waals surface area contributed by atoms with E-state index in [1.54, 1.807) is 9.08 Å². The van der Waals surface area contributed by atoms with Crippen LogP contribution in [0.3, 0.4) is 0 Å². The number of hydrogen-bond acceptors (Lipinski definition) is 3. The second kappa shape index (κ2) is 6.09. The van der Waals surface area contributed by atoms with Gasteiger partial charge >= 0.3 is 0 Å². The van der Waals surface area contributed by atoms with Gasteiger partial charge in [0.25, 0.3) is 5.56 Å². The molecular weight excluding hydrogens is 246 g/mol. The zero-order valence-electron chi connectivity index (χ0n) is 10.7. The largest absolute Gasteiger partial charge is 0.312 e. The molecular formula is C13H19N3OS. The van der Waals surface area contributed by atoms with Crippen molar-refractivity contribution in [3.05, 3.63) is 34.5 Å². The monoisotopic (exact) mass is 265 g/mol. The van der Waals surface area contributed by atoms with Crippen molar-refractivity contribution in [2.24, 2.45) is 0 Å². The van der Waals surface area contributed by atoms with Gasteiger partial charge < -0.3 is 4.57 Å². The summed E-state index contributed by atoms with van der Waals surface area (Å²) in [5.41, 5.74) is 1.58. The van der Waals surface area contributed by atoms with E-state index in [1.807, 2.05) is 25.4 Å². The SMILES string of the molecule is Cc1cc2c(=O)n(CCCCCCS)ccn2n1. The lowest BCUT2D eigenvalue weighted by Crippen LogP contribution is -2.21. The molecule has 0 aliphatic carbocycles. The first kappa shape index (κ1) is 13.2. The molecule has 0 aliphatic heterocycles. The Balaban J connectivity index is 2.05. The molecule has 5 heteroatoms. The third-order valence-electron chi connectivity index (χ3n) is 3.03. The first-order chi connectivity index (χ1) is 8.72. The Morgan fingerprint density at radius 3 is 2.78 bits per heavy atom. The van der Waals surface area contributed by atoms with Crippen LogP contribution in [0.5, 0.6) is 0 Å². The highest BCUT2D eigenvalue weighted by atomic mass is 32.1. The average Bonchev–Trinajstić information content (AvgIpc) is 2.73. The highest BCUT2D eigenvalue weighted by Crippen LogP contribution is 2.04. The van der Waals surface area contributed by atoms with Crippen LogP contribution >= 0.6 is 12.6 Å². The number of unbranched alkanes of at least 4 members (excludes halogenated alkanes) is 3. The maximum absolute atomic E-state index is 12.2. The van der Waals surface area contributed by atoms with Gasteiger partial charge in [0.15, 0.2) is 0 Å². The van der Waals surface area contributed by atoms with Crippen molar-refractivity contribution < 1.29 is 0 Å². The topological polar surface area (TPSA) is 39.3 Å². The fourth-order valence-electron chi connectivity index (χ4n) is 2.07. The Labute approximate surface area is 112 Å². The predicted octanol–water partition coefficient (Wildman–Crippen LogP) is 2.29. The Morgan fingerprint density at radius 2 is 2.00 bits per heavy atom. The van der Waals surface area contributed by atoms with Gasteiger partial charge in [-0.3, -0.25) is 4.79 Å². The lowest BCUT2D eigenvalue weighted by atomic mass is 10.2. The summed E-state index contributed by atoms with van der Waals surface area (Å²) in [5.74, 6) is 0.945. The van der Waals surface area contributed by atoms with E-state index in [1.165, 1.54) is 6.42 Å². The predicted molar refractivity (Wildman–Crippen MR) is 76.5 cm³/mol. The summed E-state index contributed by atoms with van der Waals surface area (Å²) in [4.78, 5) is 12.2. The summed E-state index contributed by atoms with van der Waals surface area (Å²) in [6.45, 7) is 2.68. The molecule has 18 heavy (non-hydrogen) atoms. The van der Waals surface area contributed by atoms with E-state index in [0.29, 0.717) is 5.52 Å². The van der Waals surface area contributed by atoms with Crippen molar-refractivity contribution in [3.8, 4) is 0 Å². The molecule has 0 spiro atoms. The van der Waals surface area contributed by atoms with Gasteiger partial charge in [0, 0.05) is 18.9 Å². The molecule has 98 valence electrons. The van der Waals surface area contributed by atoms with E-state index in [4.69, 9.17) is 0 Å². The molecule has 0 fully saturated rings. The number of nitrogens with zero attached hydrogens (tertiary/aromatic N) is 3. The molecule has 0 amide bonds. The smallest absolute Gasteiger partial charge is 0.276 e. The van der Waals surface area contributed by atoms with E-state index in [2.05, 4.69) is 17.7 Å². The molecule has 0 saturated heterocycles. The van der Waals surface area contributed by atoms with Gasteiger partial charge in [-0.05, 0) is 31.6 Å². The van der Waals surface area contributed by atoms with Gasteiger partial charge in [0.05, 0.1) is 5.69 Å². The normalized spacial score (nSPS) is 11.2. The zero-order chi connectivity index (χ0) is 13.0. The Morgan fingerprint density at radius 1 is 1.22 bits per heavy atom. The molecule has 0 unspecified atom stereocenters. The van der Waals surface area contributed by atoms with Crippen molar-refractivity contribution in [2.75, 3.05) is 5.75 Å². The second-order valence-electron chi connectivity index (χ2n) is 4.55. The van der Waals surface area contributed by atoms with Crippen LogP contribution in [-0.2, 0) is 6.54 Å². The Kier molecular flexibility index (Phi) is 4.47. The number of hydrogen-bond donors (Lipinski definition) is 1. The lowest BCUT2D eigenvalue weighted by Gasteiger charge is -2.05. The summed E-state index contributed by atoms with van der Waals surface area (Å²) in [6.07, 6.45) is 8.19. The first-order valence-corrected chi connectivity index (χ1v) is 7.02. The maximum atomic E-state index is 12.2. The van der Waals surface area contributed by atoms with E-state index in [9.17, 15) is 4.79 Å². The highest BCUT2D eigenvalue weighted by molar-refractivity contribution is 7.80. The lowest BCUT2D eigenvalue weighted by molar-refractivity contribution is 0.570. The zero-order valence-corrected chi connectivity index (χ0v) is 11.6. The van der Waals surface area contributed by atoms with Crippen molar-refractivity contribution >= 4 is 18.1 Å². The highest BCUT2D eigenvalue weighted by Gasteiger charge is 2.04. The maximum Gasteiger partial charge on any atom is 0.276 e.